The number of rotatable bonds is 8. The molecule has 27 heavy (non-hydrogen) atoms. The van der Waals surface area contributed by atoms with E-state index in [1.54, 1.807) is 0 Å². The minimum absolute atomic E-state index is 0.503. The predicted octanol–water partition coefficient (Wildman–Crippen LogP) is 5.97. The third kappa shape index (κ3) is 5.18. The van der Waals surface area contributed by atoms with Crippen molar-refractivity contribution in [1.82, 2.24) is 0 Å². The molecule has 17 heteroatoms. The lowest BCUT2D eigenvalue weighted by molar-refractivity contribution is -0.358. The SMILES string of the molecule is CCP(=O)(CC(F)(F)C(F)(F)C(F)(F)F)OCC(F)(F)C(F)(F)C(F)(F)F. The van der Waals surface area contributed by atoms with Crippen LogP contribution in [-0.4, -0.2) is 55.0 Å². The van der Waals surface area contributed by atoms with Crippen LogP contribution in [0.25, 0.3) is 0 Å². The monoisotopic (exact) mass is 458 g/mol. The van der Waals surface area contributed by atoms with E-state index >= 15 is 0 Å². The van der Waals surface area contributed by atoms with E-state index < -0.39 is 62.3 Å². The molecule has 0 spiro atoms. The summed E-state index contributed by atoms with van der Waals surface area (Å²) in [6, 6.07) is 0. The molecule has 1 atom stereocenters. The average Bonchev–Trinajstić information content (AvgIpc) is 2.42. The Morgan fingerprint density at radius 3 is 1.30 bits per heavy atom. The number of hydrogen-bond donors (Lipinski definition) is 0. The molecule has 0 rings (SSSR count). The fourth-order valence-electron chi connectivity index (χ4n) is 1.35. The van der Waals surface area contributed by atoms with Crippen LogP contribution in [-0.2, 0) is 9.09 Å². The van der Waals surface area contributed by atoms with Gasteiger partial charge in [-0.1, -0.05) is 6.92 Å². The molecule has 0 bridgehead atoms. The molecule has 164 valence electrons. The Kier molecular flexibility index (Phi) is 7.02. The third-order valence-electron chi connectivity index (χ3n) is 3.03. The maximum absolute atomic E-state index is 13.2. The van der Waals surface area contributed by atoms with Gasteiger partial charge in [-0.05, 0) is 0 Å². The van der Waals surface area contributed by atoms with Gasteiger partial charge < -0.3 is 4.52 Å². The average molecular weight is 458 g/mol. The van der Waals surface area contributed by atoms with Gasteiger partial charge in [0.25, 0.3) is 0 Å². The minimum atomic E-state index is -6.87. The maximum Gasteiger partial charge on any atom is 0.459 e. The summed E-state index contributed by atoms with van der Waals surface area (Å²) < 4.78 is 190. The van der Waals surface area contributed by atoms with Gasteiger partial charge in [-0.25, -0.2) is 0 Å². The van der Waals surface area contributed by atoms with Crippen LogP contribution in [0.3, 0.4) is 0 Å². The Morgan fingerprint density at radius 2 is 1.00 bits per heavy atom. The molecule has 0 fully saturated rings. The van der Waals surface area contributed by atoms with Crippen molar-refractivity contribution in [2.45, 2.75) is 43.0 Å². The van der Waals surface area contributed by atoms with Gasteiger partial charge in [0, 0.05) is 6.16 Å². The third-order valence-corrected chi connectivity index (χ3v) is 5.48. The topological polar surface area (TPSA) is 26.3 Å². The standard InChI is InChI=1S/C10H9F14O2P/c1-2-27(25,4-6(13,14)8(17,18)10(22,23)24)26-3-5(11,12)7(15,16)9(19,20)21/h2-4H2,1H3. The zero-order valence-electron chi connectivity index (χ0n) is 12.7. The van der Waals surface area contributed by atoms with Crippen LogP contribution in [0.15, 0.2) is 0 Å². The molecule has 0 aromatic heterocycles. The molecule has 0 saturated heterocycles. The van der Waals surface area contributed by atoms with E-state index in [0.717, 1.165) is 0 Å². The van der Waals surface area contributed by atoms with E-state index in [0.29, 0.717) is 6.92 Å². The Hall–Kier alpha value is -0.790. The molecule has 0 aliphatic carbocycles. The summed E-state index contributed by atoms with van der Waals surface area (Å²) >= 11 is 0. The molecule has 0 radical (unpaired) electrons. The molecule has 0 aliphatic rings. The lowest BCUT2D eigenvalue weighted by atomic mass is 10.2. The maximum atomic E-state index is 13.2. The van der Waals surface area contributed by atoms with Gasteiger partial charge in [0.2, 0.25) is 7.37 Å². The lowest BCUT2D eigenvalue weighted by Gasteiger charge is -2.32. The van der Waals surface area contributed by atoms with Crippen LogP contribution in [0.2, 0.25) is 0 Å². The highest BCUT2D eigenvalue weighted by atomic mass is 31.2. The summed E-state index contributed by atoms with van der Waals surface area (Å²) in [5.41, 5.74) is 0. The summed E-state index contributed by atoms with van der Waals surface area (Å²) in [4.78, 5) is 0. The Morgan fingerprint density at radius 1 is 0.667 bits per heavy atom. The zero-order chi connectivity index (χ0) is 22.3. The van der Waals surface area contributed by atoms with E-state index in [1.165, 1.54) is 0 Å². The van der Waals surface area contributed by atoms with Crippen molar-refractivity contribution in [2.75, 3.05) is 18.9 Å². The fourth-order valence-corrected chi connectivity index (χ4v) is 3.05. The molecule has 2 nitrogen and oxygen atoms in total. The number of alkyl halides is 14. The second-order valence-electron chi connectivity index (χ2n) is 5.12. The van der Waals surface area contributed by atoms with Crippen molar-refractivity contribution < 1.29 is 70.6 Å². The van der Waals surface area contributed by atoms with E-state index in [1.807, 2.05) is 0 Å². The van der Waals surface area contributed by atoms with Gasteiger partial charge in [-0.3, -0.25) is 4.57 Å². The largest absolute Gasteiger partial charge is 0.459 e. The lowest BCUT2D eigenvalue weighted by Crippen LogP contribution is -2.55. The highest BCUT2D eigenvalue weighted by Crippen LogP contribution is 2.58. The molecule has 0 amide bonds. The first kappa shape index (κ1) is 26.2. The highest BCUT2D eigenvalue weighted by molar-refractivity contribution is 7.59. The van der Waals surface area contributed by atoms with Crippen LogP contribution in [0.4, 0.5) is 61.5 Å². The first-order valence-electron chi connectivity index (χ1n) is 6.35. The van der Waals surface area contributed by atoms with Gasteiger partial charge in [0.15, 0.2) is 0 Å². The molecule has 1 unspecified atom stereocenters. The van der Waals surface area contributed by atoms with Crippen molar-refractivity contribution in [1.29, 1.82) is 0 Å². The van der Waals surface area contributed by atoms with Crippen molar-refractivity contribution in [2.24, 2.45) is 0 Å². The van der Waals surface area contributed by atoms with Gasteiger partial charge in [0.1, 0.15) is 6.61 Å². The molecule has 0 heterocycles. The van der Waals surface area contributed by atoms with Crippen molar-refractivity contribution in [3.63, 3.8) is 0 Å². The molecule has 0 saturated carbocycles. The van der Waals surface area contributed by atoms with Crippen LogP contribution in [0, 0.1) is 0 Å². The Bertz CT molecular complexity index is 563. The van der Waals surface area contributed by atoms with Crippen LogP contribution >= 0.6 is 7.37 Å². The summed E-state index contributed by atoms with van der Waals surface area (Å²) in [6.07, 6.45) is -18.2. The van der Waals surface area contributed by atoms with Crippen molar-refractivity contribution >= 4 is 7.37 Å². The smallest absolute Gasteiger partial charge is 0.322 e. The highest BCUT2D eigenvalue weighted by Gasteiger charge is 2.75. The first-order chi connectivity index (χ1) is 11.5. The van der Waals surface area contributed by atoms with Crippen LogP contribution in [0.5, 0.6) is 0 Å². The quantitative estimate of drug-likeness (QED) is 0.331. The predicted molar refractivity (Wildman–Crippen MR) is 60.9 cm³/mol. The van der Waals surface area contributed by atoms with Crippen molar-refractivity contribution in [3.8, 4) is 0 Å². The molecule has 0 aromatic rings. The summed E-state index contributed by atoms with van der Waals surface area (Å²) in [5, 5.41) is 0. The zero-order valence-corrected chi connectivity index (χ0v) is 13.6. The van der Waals surface area contributed by atoms with E-state index in [4.69, 9.17) is 0 Å². The summed E-state index contributed by atoms with van der Waals surface area (Å²) in [7, 11) is -5.62. The van der Waals surface area contributed by atoms with Gasteiger partial charge >= 0.3 is 36.0 Å². The minimum Gasteiger partial charge on any atom is -0.322 e. The van der Waals surface area contributed by atoms with E-state index in [2.05, 4.69) is 4.52 Å². The fraction of sp³-hybridized carbons (Fsp3) is 1.00. The molecule has 0 N–H and O–H groups in total. The number of hydrogen-bond acceptors (Lipinski definition) is 2. The van der Waals surface area contributed by atoms with Crippen molar-refractivity contribution in [3.05, 3.63) is 0 Å². The van der Waals surface area contributed by atoms with Gasteiger partial charge in [-0.15, -0.1) is 0 Å². The van der Waals surface area contributed by atoms with Crippen LogP contribution < -0.4 is 0 Å². The Balaban J connectivity index is 5.58. The van der Waals surface area contributed by atoms with E-state index in [9.17, 15) is 66.0 Å². The van der Waals surface area contributed by atoms with Gasteiger partial charge in [0.05, 0.1) is 6.16 Å². The summed E-state index contributed by atoms with van der Waals surface area (Å²) in [6.45, 7) is -2.62. The molecular weight excluding hydrogens is 449 g/mol. The van der Waals surface area contributed by atoms with Gasteiger partial charge in [-0.2, -0.15) is 61.5 Å². The Labute approximate surface area is 141 Å². The van der Waals surface area contributed by atoms with E-state index in [-0.39, 0.29) is 0 Å². The normalized spacial score (nSPS) is 17.7. The van der Waals surface area contributed by atoms with Crippen LogP contribution in [0.1, 0.15) is 6.92 Å². The molecule has 0 aromatic carbocycles. The first-order valence-corrected chi connectivity index (χ1v) is 8.34. The second kappa shape index (κ2) is 7.23. The second-order valence-corrected chi connectivity index (χ2v) is 7.95. The summed E-state index contributed by atoms with van der Waals surface area (Å²) in [5.74, 6) is -26.0. The molecular formula is C10H9F14O2P. The number of halogens is 14. The molecule has 0 aliphatic heterocycles.